The second-order valence-corrected chi connectivity index (χ2v) is 4.33. The second-order valence-electron chi connectivity index (χ2n) is 4.33. The van der Waals surface area contributed by atoms with Gasteiger partial charge in [-0.25, -0.2) is 0 Å². The number of hydrogen-bond acceptors (Lipinski definition) is 2. The zero-order chi connectivity index (χ0) is 13.8. The minimum Gasteiger partial charge on any atom is -0.494 e. The van der Waals surface area contributed by atoms with Gasteiger partial charge in [0.1, 0.15) is 0 Å². The van der Waals surface area contributed by atoms with Crippen molar-refractivity contribution in [2.75, 3.05) is 13.7 Å². The molecule has 0 N–H and O–H groups in total. The summed E-state index contributed by atoms with van der Waals surface area (Å²) in [6.45, 7) is -1.24. The topological polar surface area (TPSA) is 18.5 Å². The molecule has 0 spiro atoms. The molecule has 0 radical (unpaired) electrons. The smallest absolute Gasteiger partial charge is 0.494 e. The maximum atomic E-state index is 12.9. The summed E-state index contributed by atoms with van der Waals surface area (Å²) in [5.74, 6) is -0.100. The van der Waals surface area contributed by atoms with Gasteiger partial charge in [0.25, 0.3) is 0 Å². The third-order valence-electron chi connectivity index (χ3n) is 2.57. The van der Waals surface area contributed by atoms with E-state index in [4.69, 9.17) is 9.47 Å². The van der Waals surface area contributed by atoms with Crippen molar-refractivity contribution >= 4 is 12.4 Å². The maximum absolute atomic E-state index is 12.9. The zero-order valence-corrected chi connectivity index (χ0v) is 14.9. The fraction of sp³-hybridized carbons (Fsp3) is 0.500. The number of benzene rings is 1. The van der Waals surface area contributed by atoms with E-state index >= 15 is 0 Å². The van der Waals surface area contributed by atoms with E-state index in [0.717, 1.165) is 6.07 Å². The Balaban J connectivity index is 0.00000324. The number of methoxy groups -OCH3 is 1. The van der Waals surface area contributed by atoms with Crippen molar-refractivity contribution in [3.63, 3.8) is 0 Å². The fourth-order valence-electron chi connectivity index (χ4n) is 1.59. The predicted octanol–water partition coefficient (Wildman–Crippen LogP) is -0.143. The quantitative estimate of drug-likeness (QED) is 0.681. The van der Waals surface area contributed by atoms with Crippen molar-refractivity contribution in [1.82, 2.24) is 0 Å². The van der Waals surface area contributed by atoms with E-state index in [9.17, 15) is 12.9 Å². The van der Waals surface area contributed by atoms with Crippen LogP contribution in [0.15, 0.2) is 18.2 Å². The SMILES string of the molecule is COCCC(C)Oc1ccc(C)cc1[B-](F)(F)F.[K+]. The third-order valence-corrected chi connectivity index (χ3v) is 2.57. The molecule has 7 heteroatoms. The van der Waals surface area contributed by atoms with Gasteiger partial charge >= 0.3 is 58.4 Å². The molecule has 1 rings (SSSR count). The molecule has 1 unspecified atom stereocenters. The summed E-state index contributed by atoms with van der Waals surface area (Å²) in [7, 11) is 1.54. The first-order valence-electron chi connectivity index (χ1n) is 5.80. The van der Waals surface area contributed by atoms with Crippen LogP contribution < -0.4 is 61.6 Å². The molecule has 0 aromatic heterocycles. The Labute approximate surface area is 154 Å². The van der Waals surface area contributed by atoms with Crippen LogP contribution in [-0.2, 0) is 4.74 Å². The number of halogens is 3. The van der Waals surface area contributed by atoms with Crippen LogP contribution in [0.5, 0.6) is 5.75 Å². The van der Waals surface area contributed by atoms with Crippen molar-refractivity contribution in [3.8, 4) is 5.75 Å². The number of ether oxygens (including phenoxy) is 2. The average molecular weight is 300 g/mol. The van der Waals surface area contributed by atoms with Crippen LogP contribution in [0, 0.1) is 6.92 Å². The van der Waals surface area contributed by atoms with Gasteiger partial charge in [-0.2, -0.15) is 0 Å². The van der Waals surface area contributed by atoms with Crippen LogP contribution in [0.25, 0.3) is 0 Å². The molecule has 0 amide bonds. The summed E-state index contributed by atoms with van der Waals surface area (Å²) in [5, 5.41) is 0. The molecule has 0 heterocycles. The van der Waals surface area contributed by atoms with E-state index in [2.05, 4.69) is 0 Å². The van der Waals surface area contributed by atoms with E-state index in [0.29, 0.717) is 18.6 Å². The Morgan fingerprint density at radius 3 is 2.42 bits per heavy atom. The van der Waals surface area contributed by atoms with Gasteiger partial charge in [-0.1, -0.05) is 23.2 Å². The van der Waals surface area contributed by atoms with Crippen LogP contribution in [0.2, 0.25) is 0 Å². The van der Waals surface area contributed by atoms with Crippen LogP contribution in [0.3, 0.4) is 0 Å². The standard InChI is InChI=1S/C12H17BF3O2.K/c1-9-4-5-12(11(8-9)13(14,15)16)18-10(2)6-7-17-3;/h4-5,8,10H,6-7H2,1-3H3;/q-1;+1. The van der Waals surface area contributed by atoms with Gasteiger partial charge in [-0.15, -0.1) is 0 Å². The van der Waals surface area contributed by atoms with Gasteiger partial charge in [0.05, 0.1) is 11.9 Å². The fourth-order valence-corrected chi connectivity index (χ4v) is 1.59. The van der Waals surface area contributed by atoms with E-state index < -0.39 is 12.4 Å². The molecular weight excluding hydrogens is 283 g/mol. The number of rotatable bonds is 6. The molecule has 0 aliphatic heterocycles. The largest absolute Gasteiger partial charge is 1.00 e. The van der Waals surface area contributed by atoms with Crippen LogP contribution >= 0.6 is 0 Å². The third kappa shape index (κ3) is 6.64. The molecule has 1 aromatic carbocycles. The molecule has 0 bridgehead atoms. The minimum atomic E-state index is -5.06. The summed E-state index contributed by atoms with van der Waals surface area (Å²) >= 11 is 0. The van der Waals surface area contributed by atoms with Crippen molar-refractivity contribution in [3.05, 3.63) is 23.8 Å². The number of aryl methyl sites for hydroxylation is 1. The first-order chi connectivity index (χ1) is 8.34. The van der Waals surface area contributed by atoms with Gasteiger partial charge in [0.15, 0.2) is 0 Å². The molecule has 102 valence electrons. The minimum absolute atomic E-state index is 0. The molecule has 0 saturated carbocycles. The second kappa shape index (κ2) is 8.69. The van der Waals surface area contributed by atoms with Crippen molar-refractivity contribution in [2.45, 2.75) is 26.4 Å². The van der Waals surface area contributed by atoms with Gasteiger partial charge in [-0.05, 0) is 19.9 Å². The van der Waals surface area contributed by atoms with Gasteiger partial charge in [-0.3, -0.25) is 0 Å². The van der Waals surface area contributed by atoms with E-state index in [1.54, 1.807) is 27.0 Å². The van der Waals surface area contributed by atoms with Crippen molar-refractivity contribution < 1.29 is 73.8 Å². The van der Waals surface area contributed by atoms with Crippen LogP contribution in [-0.4, -0.2) is 26.8 Å². The Morgan fingerprint density at radius 1 is 1.26 bits per heavy atom. The van der Waals surface area contributed by atoms with E-state index in [1.807, 2.05) is 0 Å². The maximum Gasteiger partial charge on any atom is 1.00 e. The van der Waals surface area contributed by atoms with E-state index in [1.165, 1.54) is 6.07 Å². The zero-order valence-electron chi connectivity index (χ0n) is 11.8. The van der Waals surface area contributed by atoms with E-state index in [-0.39, 0.29) is 63.2 Å². The number of hydrogen-bond donors (Lipinski definition) is 0. The first kappa shape index (κ1) is 19.5. The summed E-state index contributed by atoms with van der Waals surface area (Å²) in [6, 6.07) is 4.12. The van der Waals surface area contributed by atoms with Gasteiger partial charge in [0, 0.05) is 20.1 Å². The average Bonchev–Trinajstić information content (AvgIpc) is 2.27. The molecule has 1 aromatic rings. The Morgan fingerprint density at radius 2 is 1.89 bits per heavy atom. The summed E-state index contributed by atoms with van der Waals surface area (Å²) in [5.41, 5.74) is -0.0969. The normalized spacial score (nSPS) is 12.7. The van der Waals surface area contributed by atoms with Gasteiger partial charge < -0.3 is 22.4 Å². The van der Waals surface area contributed by atoms with Crippen LogP contribution in [0.4, 0.5) is 12.9 Å². The molecule has 2 nitrogen and oxygen atoms in total. The van der Waals surface area contributed by atoms with Crippen LogP contribution in [0.1, 0.15) is 18.9 Å². The Kier molecular flexibility index (Phi) is 8.91. The van der Waals surface area contributed by atoms with Gasteiger partial charge in [0.2, 0.25) is 0 Å². The summed E-state index contributed by atoms with van der Waals surface area (Å²) in [6.07, 6.45) is 0.235. The molecule has 1 atom stereocenters. The molecule has 0 aliphatic carbocycles. The predicted molar refractivity (Wildman–Crippen MR) is 66.5 cm³/mol. The molecule has 0 saturated heterocycles. The Bertz CT molecular complexity index is 399. The molecular formula is C12H17BF3KO2. The first-order valence-corrected chi connectivity index (χ1v) is 5.80. The van der Waals surface area contributed by atoms with Crippen molar-refractivity contribution in [2.24, 2.45) is 0 Å². The Hall–Kier alpha value is 0.471. The summed E-state index contributed by atoms with van der Waals surface area (Å²) < 4.78 is 48.9. The summed E-state index contributed by atoms with van der Waals surface area (Å²) in [4.78, 5) is 0. The monoisotopic (exact) mass is 300 g/mol. The molecule has 0 fully saturated rings. The molecule has 0 aliphatic rings. The molecule has 19 heavy (non-hydrogen) atoms. The van der Waals surface area contributed by atoms with Crippen molar-refractivity contribution in [1.29, 1.82) is 0 Å².